The van der Waals surface area contributed by atoms with E-state index in [9.17, 15) is 4.79 Å². The second-order valence-corrected chi connectivity index (χ2v) is 8.29. The third kappa shape index (κ3) is 5.24. The predicted octanol–water partition coefficient (Wildman–Crippen LogP) is 5.31. The van der Waals surface area contributed by atoms with Crippen LogP contribution in [0.15, 0.2) is 66.2 Å². The SMILES string of the molecule is CCC(CC)(NCC(=O)NC(c1ccccc1)c1nccs1)c1ccc(Cl)cc1. The van der Waals surface area contributed by atoms with Gasteiger partial charge in [0.05, 0.1) is 6.54 Å². The van der Waals surface area contributed by atoms with Crippen molar-refractivity contribution in [2.24, 2.45) is 0 Å². The second-order valence-electron chi connectivity index (χ2n) is 6.93. The third-order valence-corrected chi connectivity index (χ3v) is 6.42. The molecule has 2 aromatic carbocycles. The molecule has 0 spiro atoms. The fraction of sp³-hybridized carbons (Fsp3) is 0.304. The Kier molecular flexibility index (Phi) is 7.42. The van der Waals surface area contributed by atoms with Crippen LogP contribution in [0.5, 0.6) is 0 Å². The van der Waals surface area contributed by atoms with Crippen LogP contribution in [0.4, 0.5) is 0 Å². The Morgan fingerprint density at radius 1 is 1.10 bits per heavy atom. The predicted molar refractivity (Wildman–Crippen MR) is 120 cm³/mol. The summed E-state index contributed by atoms with van der Waals surface area (Å²) in [6.07, 6.45) is 3.50. The molecule has 0 saturated carbocycles. The molecule has 0 bridgehead atoms. The van der Waals surface area contributed by atoms with Crippen molar-refractivity contribution in [1.82, 2.24) is 15.6 Å². The fourth-order valence-corrected chi connectivity index (χ4v) is 4.39. The zero-order valence-corrected chi connectivity index (χ0v) is 18.3. The maximum atomic E-state index is 12.9. The van der Waals surface area contributed by atoms with E-state index in [-0.39, 0.29) is 24.0 Å². The average molecular weight is 428 g/mol. The molecule has 29 heavy (non-hydrogen) atoms. The van der Waals surface area contributed by atoms with E-state index >= 15 is 0 Å². The summed E-state index contributed by atoms with van der Waals surface area (Å²) in [4.78, 5) is 17.3. The third-order valence-electron chi connectivity index (χ3n) is 5.33. The second kappa shape index (κ2) is 10.0. The zero-order chi connectivity index (χ0) is 20.7. The van der Waals surface area contributed by atoms with Gasteiger partial charge in [-0.15, -0.1) is 11.3 Å². The van der Waals surface area contributed by atoms with Crippen molar-refractivity contribution in [2.45, 2.75) is 38.3 Å². The maximum Gasteiger partial charge on any atom is 0.234 e. The van der Waals surface area contributed by atoms with Crippen molar-refractivity contribution in [3.8, 4) is 0 Å². The highest BCUT2D eigenvalue weighted by Crippen LogP contribution is 2.30. The number of hydrogen-bond acceptors (Lipinski definition) is 4. The summed E-state index contributed by atoms with van der Waals surface area (Å²) >= 11 is 7.59. The normalized spacial score (nSPS) is 12.5. The number of benzene rings is 2. The average Bonchev–Trinajstić information content (AvgIpc) is 3.29. The van der Waals surface area contributed by atoms with Crippen molar-refractivity contribution in [2.75, 3.05) is 6.54 Å². The van der Waals surface area contributed by atoms with E-state index in [1.807, 2.05) is 60.0 Å². The highest BCUT2D eigenvalue weighted by atomic mass is 35.5. The topological polar surface area (TPSA) is 54.0 Å². The number of hydrogen-bond donors (Lipinski definition) is 2. The van der Waals surface area contributed by atoms with Gasteiger partial charge in [-0.1, -0.05) is 67.9 Å². The summed E-state index contributed by atoms with van der Waals surface area (Å²) in [7, 11) is 0. The Morgan fingerprint density at radius 3 is 2.38 bits per heavy atom. The molecule has 0 radical (unpaired) electrons. The van der Waals surface area contributed by atoms with Gasteiger partial charge in [0.2, 0.25) is 5.91 Å². The molecule has 3 rings (SSSR count). The highest BCUT2D eigenvalue weighted by molar-refractivity contribution is 7.09. The molecule has 1 heterocycles. The largest absolute Gasteiger partial charge is 0.342 e. The minimum absolute atomic E-state index is 0.0608. The van der Waals surface area contributed by atoms with Gasteiger partial charge in [0.15, 0.2) is 0 Å². The molecule has 3 aromatic rings. The van der Waals surface area contributed by atoms with E-state index in [2.05, 4.69) is 29.5 Å². The molecule has 0 aliphatic heterocycles. The molecular formula is C23H26ClN3OS. The first-order valence-electron chi connectivity index (χ1n) is 9.82. The summed E-state index contributed by atoms with van der Waals surface area (Å²) in [6, 6.07) is 17.5. The molecule has 0 aliphatic rings. The van der Waals surface area contributed by atoms with Gasteiger partial charge in [0, 0.05) is 22.1 Å². The van der Waals surface area contributed by atoms with Gasteiger partial charge in [-0.25, -0.2) is 4.98 Å². The van der Waals surface area contributed by atoms with Gasteiger partial charge in [-0.3, -0.25) is 10.1 Å². The minimum atomic E-state index is -0.272. The Labute approximate surface area is 181 Å². The molecule has 1 unspecified atom stereocenters. The smallest absolute Gasteiger partial charge is 0.234 e. The van der Waals surface area contributed by atoms with E-state index in [0.29, 0.717) is 5.02 Å². The first-order chi connectivity index (χ1) is 14.1. The monoisotopic (exact) mass is 427 g/mol. The lowest BCUT2D eigenvalue weighted by Crippen LogP contribution is -2.47. The molecule has 2 N–H and O–H groups in total. The molecule has 0 saturated heterocycles. The van der Waals surface area contributed by atoms with Crippen LogP contribution in [0.1, 0.15) is 48.9 Å². The molecule has 4 nitrogen and oxygen atoms in total. The number of halogens is 1. The Bertz CT molecular complexity index is 894. The van der Waals surface area contributed by atoms with Crippen molar-refractivity contribution < 1.29 is 4.79 Å². The first-order valence-corrected chi connectivity index (χ1v) is 11.1. The van der Waals surface area contributed by atoms with Gasteiger partial charge in [-0.2, -0.15) is 0 Å². The van der Waals surface area contributed by atoms with Crippen molar-refractivity contribution in [1.29, 1.82) is 0 Å². The first kappa shape index (κ1) is 21.5. The number of thiazole rings is 1. The highest BCUT2D eigenvalue weighted by Gasteiger charge is 2.29. The number of carbonyl (C=O) groups is 1. The van der Waals surface area contributed by atoms with Gasteiger partial charge >= 0.3 is 0 Å². The molecular weight excluding hydrogens is 402 g/mol. The van der Waals surface area contributed by atoms with Crippen LogP contribution in [-0.4, -0.2) is 17.4 Å². The fourth-order valence-electron chi connectivity index (χ4n) is 3.55. The van der Waals surface area contributed by atoms with Crippen molar-refractivity contribution >= 4 is 28.8 Å². The molecule has 0 fully saturated rings. The van der Waals surface area contributed by atoms with Crippen LogP contribution in [0, 0.1) is 0 Å². The lowest BCUT2D eigenvalue weighted by Gasteiger charge is -2.34. The number of carbonyl (C=O) groups excluding carboxylic acids is 1. The van der Waals surface area contributed by atoms with Gasteiger partial charge in [0.1, 0.15) is 11.0 Å². The Hall–Kier alpha value is -2.21. The molecule has 1 amide bonds. The quantitative estimate of drug-likeness (QED) is 0.486. The van der Waals surface area contributed by atoms with Crippen LogP contribution in [0.25, 0.3) is 0 Å². The standard InChI is InChI=1S/C23H26ClN3OS/c1-3-23(4-2,18-10-12-19(24)13-11-18)26-16-20(28)27-21(22-25-14-15-29-22)17-8-6-5-7-9-17/h5-15,21,26H,3-4,16H2,1-2H3,(H,27,28). The molecule has 1 atom stereocenters. The Balaban J connectivity index is 1.73. The zero-order valence-electron chi connectivity index (χ0n) is 16.7. The lowest BCUT2D eigenvalue weighted by atomic mass is 9.84. The van der Waals surface area contributed by atoms with Crippen LogP contribution in [0.2, 0.25) is 5.02 Å². The molecule has 0 aliphatic carbocycles. The van der Waals surface area contributed by atoms with E-state index in [1.54, 1.807) is 6.20 Å². The van der Waals surface area contributed by atoms with E-state index < -0.39 is 0 Å². The number of aromatic nitrogens is 1. The summed E-state index contributed by atoms with van der Waals surface area (Å²) < 4.78 is 0. The summed E-state index contributed by atoms with van der Waals surface area (Å²) in [5.41, 5.74) is 1.88. The summed E-state index contributed by atoms with van der Waals surface area (Å²) in [6.45, 7) is 4.48. The number of amides is 1. The molecule has 1 aromatic heterocycles. The van der Waals surface area contributed by atoms with Gasteiger partial charge < -0.3 is 5.32 Å². The Morgan fingerprint density at radius 2 is 1.79 bits per heavy atom. The van der Waals surface area contributed by atoms with Crippen molar-refractivity contribution in [3.63, 3.8) is 0 Å². The van der Waals surface area contributed by atoms with Crippen LogP contribution < -0.4 is 10.6 Å². The van der Waals surface area contributed by atoms with E-state index in [4.69, 9.17) is 11.6 Å². The number of rotatable bonds is 9. The van der Waals surface area contributed by atoms with E-state index in [1.165, 1.54) is 11.3 Å². The van der Waals surface area contributed by atoms with Crippen molar-refractivity contribution in [3.05, 3.63) is 87.3 Å². The van der Waals surface area contributed by atoms with Crippen LogP contribution >= 0.6 is 22.9 Å². The van der Waals surface area contributed by atoms with Gasteiger partial charge in [0.25, 0.3) is 0 Å². The summed E-state index contributed by atoms with van der Waals surface area (Å²) in [5.74, 6) is -0.0608. The number of nitrogens with zero attached hydrogens (tertiary/aromatic N) is 1. The van der Waals surface area contributed by atoms with Gasteiger partial charge in [-0.05, 0) is 36.1 Å². The molecule has 6 heteroatoms. The molecule has 152 valence electrons. The van der Waals surface area contributed by atoms with Crippen LogP contribution in [0.3, 0.4) is 0 Å². The minimum Gasteiger partial charge on any atom is -0.342 e. The summed E-state index contributed by atoms with van der Waals surface area (Å²) in [5, 5.41) is 10.2. The van der Waals surface area contributed by atoms with E-state index in [0.717, 1.165) is 29.0 Å². The van der Waals surface area contributed by atoms with Crippen LogP contribution in [-0.2, 0) is 10.3 Å². The maximum absolute atomic E-state index is 12.9. The number of nitrogens with one attached hydrogen (secondary N) is 2. The lowest BCUT2D eigenvalue weighted by molar-refractivity contribution is -0.121.